The summed E-state index contributed by atoms with van der Waals surface area (Å²) < 4.78 is 6.07. The van der Waals surface area contributed by atoms with Crippen LogP contribution in [0.5, 0.6) is 0 Å². The van der Waals surface area contributed by atoms with Crippen LogP contribution in [0, 0.1) is 6.92 Å². The molecule has 1 fully saturated rings. The third-order valence-electron chi connectivity index (χ3n) is 7.24. The number of likely N-dealkylation sites (tertiary alicyclic amines) is 1. The lowest BCUT2D eigenvalue weighted by Crippen LogP contribution is -2.40. The predicted octanol–water partition coefficient (Wildman–Crippen LogP) is 6.27. The zero-order chi connectivity index (χ0) is 22.3. The van der Waals surface area contributed by atoms with E-state index in [1.54, 1.807) is 0 Å². The summed E-state index contributed by atoms with van der Waals surface area (Å²) in [5.74, 6) is 1.61. The molecule has 4 aromatic rings. The van der Waals surface area contributed by atoms with E-state index < -0.39 is 0 Å². The lowest BCUT2D eigenvalue weighted by molar-refractivity contribution is 0.175. The van der Waals surface area contributed by atoms with Gasteiger partial charge in [0.2, 0.25) is 5.89 Å². The highest BCUT2D eigenvalue weighted by molar-refractivity contribution is 5.67. The van der Waals surface area contributed by atoms with E-state index in [1.165, 1.54) is 11.1 Å². The van der Waals surface area contributed by atoms with Crippen LogP contribution in [0.3, 0.4) is 0 Å². The van der Waals surface area contributed by atoms with Gasteiger partial charge < -0.3 is 4.42 Å². The molecule has 0 amide bonds. The second-order valence-electron chi connectivity index (χ2n) is 9.19. The van der Waals surface area contributed by atoms with Crippen molar-refractivity contribution in [2.24, 2.45) is 0 Å². The Kier molecular flexibility index (Phi) is 4.96. The van der Waals surface area contributed by atoms with Crippen molar-refractivity contribution >= 4 is 6.08 Å². The average Bonchev–Trinajstić information content (AvgIpc) is 3.42. The number of rotatable bonds is 4. The van der Waals surface area contributed by atoms with E-state index in [0.29, 0.717) is 5.89 Å². The molecule has 0 atom stereocenters. The minimum absolute atomic E-state index is 0.216. The van der Waals surface area contributed by atoms with Crippen LogP contribution in [0.15, 0.2) is 83.6 Å². The number of nitrogens with zero attached hydrogens (tertiary/aromatic N) is 3. The first-order chi connectivity index (χ1) is 16.2. The normalized spacial score (nSPS) is 16.9. The zero-order valence-corrected chi connectivity index (χ0v) is 18.9. The maximum Gasteiger partial charge on any atom is 0.226 e. The summed E-state index contributed by atoms with van der Waals surface area (Å²) >= 11 is 0. The molecule has 2 aromatic carbocycles. The van der Waals surface area contributed by atoms with Crippen molar-refractivity contribution < 1.29 is 4.42 Å². The van der Waals surface area contributed by atoms with E-state index >= 15 is 0 Å². The van der Waals surface area contributed by atoms with Crippen LogP contribution in [0.2, 0.25) is 0 Å². The fourth-order valence-electron chi connectivity index (χ4n) is 5.24. The van der Waals surface area contributed by atoms with Gasteiger partial charge in [0.1, 0.15) is 5.76 Å². The molecule has 3 heterocycles. The maximum atomic E-state index is 6.07. The molecule has 0 saturated carbocycles. The van der Waals surface area contributed by atoms with Gasteiger partial charge in [-0.3, -0.25) is 9.88 Å². The molecule has 1 aliphatic carbocycles. The van der Waals surface area contributed by atoms with Crippen LogP contribution in [0.25, 0.3) is 28.7 Å². The van der Waals surface area contributed by atoms with Gasteiger partial charge in [-0.25, -0.2) is 4.98 Å². The second-order valence-corrected chi connectivity index (χ2v) is 9.19. The number of benzene rings is 2. The number of aromatic nitrogens is 2. The summed E-state index contributed by atoms with van der Waals surface area (Å²) in [7, 11) is 0. The van der Waals surface area contributed by atoms with Crippen molar-refractivity contribution in [2.45, 2.75) is 31.7 Å². The van der Waals surface area contributed by atoms with E-state index in [9.17, 15) is 0 Å². The fraction of sp³-hybridized carbons (Fsp3) is 0.241. The smallest absolute Gasteiger partial charge is 0.226 e. The standard InChI is InChI=1S/C29H27N3O/c1-21-27(20-32-18-14-29(15-19-32)13-10-24-4-2-3-5-26(24)29)31-28(33-21)25-8-6-22(7-9-25)23-11-16-30-17-12-23/h2-13,16-17H,14-15,18-20H2,1H3. The Bertz CT molecular complexity index is 1300. The Labute approximate surface area is 194 Å². The van der Waals surface area contributed by atoms with Gasteiger partial charge in [0.05, 0.1) is 5.69 Å². The predicted molar refractivity (Wildman–Crippen MR) is 132 cm³/mol. The third-order valence-corrected chi connectivity index (χ3v) is 7.24. The second kappa shape index (κ2) is 8.13. The van der Waals surface area contributed by atoms with Crippen molar-refractivity contribution in [3.8, 4) is 22.6 Å². The van der Waals surface area contributed by atoms with Gasteiger partial charge >= 0.3 is 0 Å². The summed E-state index contributed by atoms with van der Waals surface area (Å²) in [5, 5.41) is 0. The maximum absolute atomic E-state index is 6.07. The molecule has 1 saturated heterocycles. The summed E-state index contributed by atoms with van der Waals surface area (Å²) in [6, 6.07) is 21.3. The van der Waals surface area contributed by atoms with Crippen LogP contribution < -0.4 is 0 Å². The van der Waals surface area contributed by atoms with Crippen molar-refractivity contribution in [3.05, 3.63) is 102 Å². The summed E-state index contributed by atoms with van der Waals surface area (Å²) in [6.45, 7) is 5.01. The number of aryl methyl sites for hydroxylation is 1. The molecular weight excluding hydrogens is 406 g/mol. The lowest BCUT2D eigenvalue weighted by atomic mass is 9.74. The van der Waals surface area contributed by atoms with E-state index in [4.69, 9.17) is 9.40 Å². The zero-order valence-electron chi connectivity index (χ0n) is 18.9. The summed E-state index contributed by atoms with van der Waals surface area (Å²) in [4.78, 5) is 11.5. The first-order valence-electron chi connectivity index (χ1n) is 11.7. The number of fused-ring (bicyclic) bond motifs is 2. The van der Waals surface area contributed by atoms with E-state index in [2.05, 4.69) is 70.6 Å². The summed E-state index contributed by atoms with van der Waals surface area (Å²) in [6.07, 6.45) is 10.7. The van der Waals surface area contributed by atoms with Crippen LogP contribution >= 0.6 is 0 Å². The minimum Gasteiger partial charge on any atom is -0.441 e. The molecule has 2 aromatic heterocycles. The van der Waals surface area contributed by atoms with Gasteiger partial charge in [-0.1, -0.05) is 48.6 Å². The molecule has 0 bridgehead atoms. The Morgan fingerprint density at radius 1 is 0.879 bits per heavy atom. The molecule has 0 radical (unpaired) electrons. The summed E-state index contributed by atoms with van der Waals surface area (Å²) in [5.41, 5.74) is 7.47. The highest BCUT2D eigenvalue weighted by Crippen LogP contribution is 2.43. The fourth-order valence-corrected chi connectivity index (χ4v) is 5.24. The third kappa shape index (κ3) is 3.70. The minimum atomic E-state index is 0.216. The number of pyridine rings is 1. The number of oxazole rings is 1. The van der Waals surface area contributed by atoms with Gasteiger partial charge in [-0.05, 0) is 79.4 Å². The highest BCUT2D eigenvalue weighted by atomic mass is 16.4. The average molecular weight is 434 g/mol. The molecule has 0 unspecified atom stereocenters. The number of hydrogen-bond acceptors (Lipinski definition) is 4. The Morgan fingerprint density at radius 2 is 1.58 bits per heavy atom. The van der Waals surface area contributed by atoms with Gasteiger partial charge in [0, 0.05) is 29.9 Å². The molecule has 1 aliphatic heterocycles. The van der Waals surface area contributed by atoms with Gasteiger partial charge in [-0.2, -0.15) is 0 Å². The molecule has 4 nitrogen and oxygen atoms in total. The van der Waals surface area contributed by atoms with E-state index in [0.717, 1.165) is 60.6 Å². The largest absolute Gasteiger partial charge is 0.441 e. The number of piperidine rings is 1. The van der Waals surface area contributed by atoms with Crippen LogP contribution in [0.1, 0.15) is 35.4 Å². The van der Waals surface area contributed by atoms with Crippen molar-refractivity contribution in [1.29, 1.82) is 0 Å². The van der Waals surface area contributed by atoms with Gasteiger partial charge in [0.15, 0.2) is 0 Å². The van der Waals surface area contributed by atoms with E-state index in [-0.39, 0.29) is 5.41 Å². The molecule has 164 valence electrons. The highest BCUT2D eigenvalue weighted by Gasteiger charge is 2.37. The molecule has 6 rings (SSSR count). The number of hydrogen-bond donors (Lipinski definition) is 0. The first kappa shape index (κ1) is 20.1. The van der Waals surface area contributed by atoms with E-state index in [1.807, 2.05) is 31.5 Å². The monoisotopic (exact) mass is 433 g/mol. The number of allylic oxidation sites excluding steroid dienone is 1. The molecular formula is C29H27N3O. The Morgan fingerprint density at radius 3 is 2.36 bits per heavy atom. The van der Waals surface area contributed by atoms with Crippen molar-refractivity contribution in [3.63, 3.8) is 0 Å². The first-order valence-corrected chi connectivity index (χ1v) is 11.7. The SMILES string of the molecule is Cc1oc(-c2ccc(-c3ccncc3)cc2)nc1CN1CCC2(C=Cc3ccccc32)CC1. The van der Waals surface area contributed by atoms with Crippen LogP contribution in [0.4, 0.5) is 0 Å². The topological polar surface area (TPSA) is 42.2 Å². The van der Waals surface area contributed by atoms with Crippen LogP contribution in [-0.2, 0) is 12.0 Å². The molecule has 33 heavy (non-hydrogen) atoms. The van der Waals surface area contributed by atoms with Gasteiger partial charge in [-0.15, -0.1) is 0 Å². The van der Waals surface area contributed by atoms with Crippen LogP contribution in [-0.4, -0.2) is 28.0 Å². The molecule has 2 aliphatic rings. The quantitative estimate of drug-likeness (QED) is 0.380. The molecule has 1 spiro atoms. The molecule has 4 heteroatoms. The molecule has 0 N–H and O–H groups in total. The van der Waals surface area contributed by atoms with Crippen molar-refractivity contribution in [1.82, 2.24) is 14.9 Å². The lowest BCUT2D eigenvalue weighted by Gasteiger charge is -2.39. The van der Waals surface area contributed by atoms with Gasteiger partial charge in [0.25, 0.3) is 0 Å². The Balaban J connectivity index is 1.14. The van der Waals surface area contributed by atoms with Crippen molar-refractivity contribution in [2.75, 3.05) is 13.1 Å². The Hall–Kier alpha value is -3.50.